The summed E-state index contributed by atoms with van der Waals surface area (Å²) in [5.41, 5.74) is 0. The minimum absolute atomic E-state index is 0.0510. The second kappa shape index (κ2) is 52.1. The van der Waals surface area contributed by atoms with Crippen molar-refractivity contribution in [3.05, 3.63) is 60.8 Å². The van der Waals surface area contributed by atoms with Crippen LogP contribution in [0, 0.1) is 0 Å². The minimum atomic E-state index is -4.36. The smallest absolute Gasteiger partial charge is 0.387 e. The second-order valence-electron chi connectivity index (χ2n) is 21.3. The third-order valence-corrected chi connectivity index (χ3v) is 14.2. The summed E-state index contributed by atoms with van der Waals surface area (Å²) in [4.78, 5) is 23.3. The van der Waals surface area contributed by atoms with Crippen LogP contribution < -0.4 is 5.32 Å². The normalized spacial score (nSPS) is 14.3. The topological polar surface area (TPSA) is 105 Å². The van der Waals surface area contributed by atoms with Crippen LogP contribution >= 0.6 is 7.82 Å². The average molecular weight is 1000 g/mol. The number of phosphoric acid groups is 1. The van der Waals surface area contributed by atoms with Gasteiger partial charge in [-0.2, -0.15) is 0 Å². The molecule has 0 aromatic rings. The monoisotopic (exact) mass is 1000 g/mol. The molecule has 0 spiro atoms. The largest absolute Gasteiger partial charge is 0.472 e. The molecule has 0 fully saturated rings. The zero-order chi connectivity index (χ0) is 51.3. The van der Waals surface area contributed by atoms with Gasteiger partial charge in [0, 0.05) is 6.42 Å². The molecule has 0 aromatic heterocycles. The molecule has 0 aliphatic carbocycles. The molecule has 70 heavy (non-hydrogen) atoms. The number of phosphoric ester groups is 1. The highest BCUT2D eigenvalue weighted by Crippen LogP contribution is 2.43. The van der Waals surface area contributed by atoms with Gasteiger partial charge in [-0.1, -0.05) is 248 Å². The summed E-state index contributed by atoms with van der Waals surface area (Å²) in [7, 11) is 1.54. The standard InChI is InChI=1S/C61H115N2O6P/c1-6-8-10-12-14-16-18-20-22-24-26-28-29-30-31-32-33-35-36-38-40-42-44-46-48-50-52-54-60(64)59(58-69-70(66,67)68-57-56-63(3,4)5)62-61(65)55-53-51-49-47-45-43-41-39-37-34-27-25-23-21-19-17-15-13-11-9-7-2/h19,21,25,27,36,38,44,46,52,54,59-60,64H,6-18,20,22-24,26,28-35,37,39-43,45,47-51,53,55-58H2,1-5H3,(H-,62,65,66,67)/p+1/b21-19-,27-25-,38-36+,46-44+,54-52+. The van der Waals surface area contributed by atoms with Crippen LogP contribution in [0.4, 0.5) is 0 Å². The molecule has 0 saturated carbocycles. The Morgan fingerprint density at radius 3 is 1.23 bits per heavy atom. The van der Waals surface area contributed by atoms with E-state index in [2.05, 4.69) is 67.8 Å². The molecule has 0 aliphatic rings. The Balaban J connectivity index is 4.28. The van der Waals surface area contributed by atoms with Gasteiger partial charge >= 0.3 is 7.82 Å². The van der Waals surface area contributed by atoms with Crippen LogP contribution in [0.25, 0.3) is 0 Å². The van der Waals surface area contributed by atoms with Crippen molar-refractivity contribution < 1.29 is 32.9 Å². The quantitative estimate of drug-likeness (QED) is 0.0243. The van der Waals surface area contributed by atoms with Gasteiger partial charge in [0.2, 0.25) is 5.91 Å². The Labute approximate surface area is 434 Å². The molecular weight excluding hydrogens is 888 g/mol. The highest BCUT2D eigenvalue weighted by molar-refractivity contribution is 7.47. The zero-order valence-electron chi connectivity index (χ0n) is 46.8. The number of nitrogens with one attached hydrogen (secondary N) is 1. The van der Waals surface area contributed by atoms with Gasteiger partial charge in [-0.3, -0.25) is 13.8 Å². The van der Waals surface area contributed by atoms with Gasteiger partial charge in [-0.05, 0) is 77.0 Å². The van der Waals surface area contributed by atoms with Gasteiger partial charge in [0.1, 0.15) is 13.2 Å². The number of rotatable bonds is 54. The molecule has 0 aliphatic heterocycles. The van der Waals surface area contributed by atoms with E-state index in [4.69, 9.17) is 9.05 Å². The maximum Gasteiger partial charge on any atom is 0.472 e. The van der Waals surface area contributed by atoms with Crippen LogP contribution in [-0.2, 0) is 18.4 Å². The minimum Gasteiger partial charge on any atom is -0.387 e. The predicted octanol–water partition coefficient (Wildman–Crippen LogP) is 18.1. The van der Waals surface area contributed by atoms with Gasteiger partial charge < -0.3 is 19.8 Å². The molecule has 0 bridgehead atoms. The van der Waals surface area contributed by atoms with Gasteiger partial charge in [0.25, 0.3) is 0 Å². The highest BCUT2D eigenvalue weighted by atomic mass is 31.2. The van der Waals surface area contributed by atoms with Crippen LogP contribution in [0.1, 0.15) is 271 Å². The molecular formula is C61H116N2O6P+. The first-order chi connectivity index (χ1) is 34.0. The number of aliphatic hydroxyl groups excluding tert-OH is 1. The fourth-order valence-electron chi connectivity index (χ4n) is 8.52. The molecule has 0 rings (SSSR count). The Morgan fingerprint density at radius 2 is 0.829 bits per heavy atom. The lowest BCUT2D eigenvalue weighted by Gasteiger charge is -2.25. The first kappa shape index (κ1) is 68.2. The van der Waals surface area contributed by atoms with Crippen molar-refractivity contribution in [2.24, 2.45) is 0 Å². The maximum atomic E-state index is 13.0. The van der Waals surface area contributed by atoms with E-state index in [1.165, 1.54) is 199 Å². The van der Waals surface area contributed by atoms with E-state index in [1.54, 1.807) is 6.08 Å². The van der Waals surface area contributed by atoms with E-state index in [0.717, 1.165) is 51.4 Å². The van der Waals surface area contributed by atoms with Crippen LogP contribution in [-0.4, -0.2) is 73.4 Å². The van der Waals surface area contributed by atoms with E-state index in [0.29, 0.717) is 17.4 Å². The van der Waals surface area contributed by atoms with Gasteiger partial charge in [-0.25, -0.2) is 4.57 Å². The zero-order valence-corrected chi connectivity index (χ0v) is 47.7. The van der Waals surface area contributed by atoms with Gasteiger partial charge in [0.05, 0.1) is 39.9 Å². The summed E-state index contributed by atoms with van der Waals surface area (Å²) in [5.74, 6) is -0.195. The molecule has 410 valence electrons. The molecule has 3 unspecified atom stereocenters. The van der Waals surface area contributed by atoms with Gasteiger partial charge in [0.15, 0.2) is 0 Å². The summed E-state index contributed by atoms with van der Waals surface area (Å²) in [6.45, 7) is 4.80. The third kappa shape index (κ3) is 54.0. The molecule has 0 saturated heterocycles. The lowest BCUT2D eigenvalue weighted by Crippen LogP contribution is -2.45. The number of carbonyl (C=O) groups excluding carboxylic acids is 1. The number of hydrogen-bond acceptors (Lipinski definition) is 5. The van der Waals surface area contributed by atoms with E-state index < -0.39 is 20.0 Å². The Hall–Kier alpha value is -1.80. The summed E-state index contributed by atoms with van der Waals surface area (Å²) in [6, 6.07) is -0.875. The fourth-order valence-corrected chi connectivity index (χ4v) is 9.25. The number of nitrogens with zero attached hydrogens (tertiary/aromatic N) is 1. The molecule has 9 heteroatoms. The predicted molar refractivity (Wildman–Crippen MR) is 304 cm³/mol. The van der Waals surface area contributed by atoms with E-state index in [1.807, 2.05) is 27.2 Å². The molecule has 0 radical (unpaired) electrons. The SMILES string of the molecule is CCCCCCC/C=C\C/C=C\CCCCCCCCCCCC(=O)NC(COP(=O)(O)OCC[N+](C)(C)C)C(O)/C=C/CC/C=C/CC/C=C/CCCCCCCCCCCCCCCCCCC. The van der Waals surface area contributed by atoms with Crippen molar-refractivity contribution in [2.75, 3.05) is 40.9 Å². The number of likely N-dealkylation sites (N-methyl/N-ethyl adjacent to an activating group) is 1. The Kier molecular flexibility index (Phi) is 50.7. The van der Waals surface area contributed by atoms with Crippen molar-refractivity contribution in [1.29, 1.82) is 0 Å². The lowest BCUT2D eigenvalue weighted by atomic mass is 10.0. The van der Waals surface area contributed by atoms with Gasteiger partial charge in [-0.15, -0.1) is 0 Å². The Morgan fingerprint density at radius 1 is 0.486 bits per heavy atom. The maximum absolute atomic E-state index is 13.0. The molecule has 3 atom stereocenters. The van der Waals surface area contributed by atoms with Crippen molar-refractivity contribution >= 4 is 13.7 Å². The Bertz CT molecular complexity index is 1320. The fraction of sp³-hybridized carbons (Fsp3) is 0.820. The third-order valence-electron chi connectivity index (χ3n) is 13.2. The van der Waals surface area contributed by atoms with Crippen molar-refractivity contribution in [2.45, 2.75) is 283 Å². The summed E-state index contributed by atoms with van der Waals surface area (Å²) in [6.07, 6.45) is 70.5. The first-order valence-corrected chi connectivity index (χ1v) is 31.2. The number of hydrogen-bond donors (Lipinski definition) is 3. The van der Waals surface area contributed by atoms with E-state index >= 15 is 0 Å². The van der Waals surface area contributed by atoms with Crippen LogP contribution in [0.5, 0.6) is 0 Å². The van der Waals surface area contributed by atoms with Crippen molar-refractivity contribution in [1.82, 2.24) is 5.32 Å². The number of quaternary nitrogens is 1. The van der Waals surface area contributed by atoms with Crippen molar-refractivity contribution in [3.8, 4) is 0 Å². The number of aliphatic hydroxyl groups is 1. The van der Waals surface area contributed by atoms with E-state index in [9.17, 15) is 19.4 Å². The average Bonchev–Trinajstić information content (AvgIpc) is 3.32. The number of carbonyl (C=O) groups is 1. The summed E-state index contributed by atoms with van der Waals surface area (Å²) < 4.78 is 23.7. The lowest BCUT2D eigenvalue weighted by molar-refractivity contribution is -0.870. The van der Waals surface area contributed by atoms with Crippen LogP contribution in [0.3, 0.4) is 0 Å². The summed E-state index contributed by atoms with van der Waals surface area (Å²) in [5, 5.41) is 13.9. The summed E-state index contributed by atoms with van der Waals surface area (Å²) >= 11 is 0. The first-order valence-electron chi connectivity index (χ1n) is 29.7. The number of unbranched alkanes of at least 4 members (excludes halogenated alkanes) is 33. The van der Waals surface area contributed by atoms with Crippen LogP contribution in [0.2, 0.25) is 0 Å². The van der Waals surface area contributed by atoms with Crippen LogP contribution in [0.15, 0.2) is 60.8 Å². The number of amides is 1. The highest BCUT2D eigenvalue weighted by Gasteiger charge is 2.27. The second-order valence-corrected chi connectivity index (χ2v) is 22.8. The molecule has 0 aromatic carbocycles. The molecule has 1 amide bonds. The van der Waals surface area contributed by atoms with E-state index in [-0.39, 0.29) is 19.1 Å². The molecule has 8 nitrogen and oxygen atoms in total. The molecule has 0 heterocycles. The number of allylic oxidation sites excluding steroid dienone is 9. The van der Waals surface area contributed by atoms with Crippen molar-refractivity contribution in [3.63, 3.8) is 0 Å². The molecule has 3 N–H and O–H groups in total.